The molecule has 0 unspecified atom stereocenters. The summed E-state index contributed by atoms with van der Waals surface area (Å²) in [5.41, 5.74) is 0. The van der Waals surface area contributed by atoms with Gasteiger partial charge in [-0.2, -0.15) is 0 Å². The predicted molar refractivity (Wildman–Crippen MR) is 48.5 cm³/mol. The third kappa shape index (κ3) is 1.92. The average Bonchev–Trinajstić information content (AvgIpc) is 2.86. The lowest BCUT2D eigenvalue weighted by molar-refractivity contribution is 0.300. The number of halogens is 1. The second-order valence-electron chi connectivity index (χ2n) is 3.11. The Kier molecular flexibility index (Phi) is 2.22. The molecule has 1 fully saturated rings. The van der Waals surface area contributed by atoms with E-state index in [-0.39, 0.29) is 0 Å². The summed E-state index contributed by atoms with van der Waals surface area (Å²) < 4.78 is 5.51. The first-order valence-electron chi connectivity index (χ1n) is 4.14. The quantitative estimate of drug-likeness (QED) is 0.697. The van der Waals surface area contributed by atoms with Crippen LogP contribution < -0.4 is 4.74 Å². The molecule has 63 valence electrons. The van der Waals surface area contributed by atoms with E-state index < -0.39 is 0 Å². The molecule has 2 heteroatoms. The van der Waals surface area contributed by atoms with Crippen molar-refractivity contribution < 1.29 is 4.74 Å². The van der Waals surface area contributed by atoms with Crippen molar-refractivity contribution in [2.75, 3.05) is 6.61 Å². The Balaban J connectivity index is 1.96. The molecule has 2 rings (SSSR count). The molecule has 12 heavy (non-hydrogen) atoms. The summed E-state index contributed by atoms with van der Waals surface area (Å²) in [5, 5.41) is 0.651. The molecule has 1 radical (unpaired) electrons. The predicted octanol–water partition coefficient (Wildman–Crippen LogP) is 2.93. The van der Waals surface area contributed by atoms with Crippen molar-refractivity contribution in [2.45, 2.75) is 12.8 Å². The van der Waals surface area contributed by atoms with E-state index in [0.717, 1.165) is 18.3 Å². The zero-order valence-electron chi connectivity index (χ0n) is 6.72. The minimum absolute atomic E-state index is 0.651. The van der Waals surface area contributed by atoms with Crippen LogP contribution in [0.25, 0.3) is 0 Å². The molecule has 1 aromatic carbocycles. The number of hydrogen-bond donors (Lipinski definition) is 0. The first-order valence-corrected chi connectivity index (χ1v) is 4.52. The maximum atomic E-state index is 5.87. The van der Waals surface area contributed by atoms with Crippen LogP contribution in [-0.4, -0.2) is 6.61 Å². The molecule has 0 bridgehead atoms. The largest absolute Gasteiger partial charge is 0.492 e. The van der Waals surface area contributed by atoms with Gasteiger partial charge in [0, 0.05) is 0 Å². The van der Waals surface area contributed by atoms with Gasteiger partial charge in [0.05, 0.1) is 11.6 Å². The SMILES string of the molecule is Clc1c[c]ccc1OCC1CC1. The van der Waals surface area contributed by atoms with E-state index in [0.29, 0.717) is 5.02 Å². The highest BCUT2D eigenvalue weighted by Gasteiger charge is 2.22. The summed E-state index contributed by atoms with van der Waals surface area (Å²) in [6, 6.07) is 8.28. The molecule has 1 saturated carbocycles. The molecule has 0 atom stereocenters. The topological polar surface area (TPSA) is 9.23 Å². The first kappa shape index (κ1) is 7.93. The standard InChI is InChI=1S/C10H10ClO/c11-9-3-1-2-4-10(9)12-7-8-5-6-8/h2-4,8H,5-7H2. The lowest BCUT2D eigenvalue weighted by Gasteiger charge is -2.05. The summed E-state index contributed by atoms with van der Waals surface area (Å²) in [6.45, 7) is 0.809. The van der Waals surface area contributed by atoms with Crippen LogP contribution in [0.2, 0.25) is 5.02 Å². The monoisotopic (exact) mass is 181 g/mol. The third-order valence-corrected chi connectivity index (χ3v) is 2.24. The highest BCUT2D eigenvalue weighted by molar-refractivity contribution is 6.32. The highest BCUT2D eigenvalue weighted by atomic mass is 35.5. The molecule has 0 spiro atoms. The van der Waals surface area contributed by atoms with Crippen molar-refractivity contribution >= 4 is 11.6 Å². The zero-order valence-corrected chi connectivity index (χ0v) is 7.47. The van der Waals surface area contributed by atoms with Crippen molar-refractivity contribution in [3.8, 4) is 5.75 Å². The van der Waals surface area contributed by atoms with E-state index in [2.05, 4.69) is 6.07 Å². The molecule has 1 aromatic rings. The van der Waals surface area contributed by atoms with Gasteiger partial charge in [0.1, 0.15) is 5.75 Å². The second-order valence-corrected chi connectivity index (χ2v) is 3.52. The maximum Gasteiger partial charge on any atom is 0.137 e. The van der Waals surface area contributed by atoms with Crippen LogP contribution in [0.3, 0.4) is 0 Å². The second kappa shape index (κ2) is 3.36. The van der Waals surface area contributed by atoms with Crippen molar-refractivity contribution in [3.63, 3.8) is 0 Å². The molecule has 1 aliphatic carbocycles. The molecule has 0 amide bonds. The van der Waals surface area contributed by atoms with Gasteiger partial charge in [-0.05, 0) is 37.0 Å². The minimum Gasteiger partial charge on any atom is -0.492 e. The average molecular weight is 182 g/mol. The van der Waals surface area contributed by atoms with Crippen LogP contribution in [0.5, 0.6) is 5.75 Å². The molecule has 0 aliphatic heterocycles. The summed E-state index contributed by atoms with van der Waals surface area (Å²) in [4.78, 5) is 0. The van der Waals surface area contributed by atoms with Crippen LogP contribution in [0.15, 0.2) is 18.2 Å². The molecule has 0 heterocycles. The summed E-state index contributed by atoms with van der Waals surface area (Å²) in [5.74, 6) is 1.55. The molecular weight excluding hydrogens is 172 g/mol. The first-order chi connectivity index (χ1) is 5.86. The van der Waals surface area contributed by atoms with Crippen LogP contribution in [-0.2, 0) is 0 Å². The van der Waals surface area contributed by atoms with E-state index in [1.807, 2.05) is 12.1 Å². The summed E-state index contributed by atoms with van der Waals surface area (Å²) in [7, 11) is 0. The Morgan fingerprint density at radius 3 is 3.08 bits per heavy atom. The Morgan fingerprint density at radius 2 is 2.42 bits per heavy atom. The van der Waals surface area contributed by atoms with Crippen LogP contribution >= 0.6 is 11.6 Å². The number of rotatable bonds is 3. The fourth-order valence-electron chi connectivity index (χ4n) is 1.01. The smallest absolute Gasteiger partial charge is 0.137 e. The lowest BCUT2D eigenvalue weighted by Crippen LogP contribution is -1.98. The zero-order chi connectivity index (χ0) is 8.39. The van der Waals surface area contributed by atoms with Gasteiger partial charge in [-0.15, -0.1) is 0 Å². The van der Waals surface area contributed by atoms with Crippen LogP contribution in [0.1, 0.15) is 12.8 Å². The van der Waals surface area contributed by atoms with Gasteiger partial charge in [-0.3, -0.25) is 0 Å². The van der Waals surface area contributed by atoms with Crippen molar-refractivity contribution in [3.05, 3.63) is 29.3 Å². The molecule has 1 aliphatic rings. The van der Waals surface area contributed by atoms with Crippen LogP contribution in [0.4, 0.5) is 0 Å². The Hall–Kier alpha value is -0.690. The van der Waals surface area contributed by atoms with Gasteiger partial charge in [0.25, 0.3) is 0 Å². The van der Waals surface area contributed by atoms with Crippen LogP contribution in [0, 0.1) is 12.0 Å². The molecular formula is C10H10ClO. The molecule has 1 nitrogen and oxygen atoms in total. The lowest BCUT2D eigenvalue weighted by atomic mass is 10.3. The van der Waals surface area contributed by atoms with Gasteiger partial charge >= 0.3 is 0 Å². The van der Waals surface area contributed by atoms with Crippen molar-refractivity contribution in [1.29, 1.82) is 0 Å². The molecule has 0 aromatic heterocycles. The maximum absolute atomic E-state index is 5.87. The van der Waals surface area contributed by atoms with E-state index >= 15 is 0 Å². The summed E-state index contributed by atoms with van der Waals surface area (Å²) in [6.07, 6.45) is 2.60. The van der Waals surface area contributed by atoms with E-state index in [1.54, 1.807) is 6.07 Å². The van der Waals surface area contributed by atoms with Gasteiger partial charge in [-0.1, -0.05) is 17.7 Å². The fraction of sp³-hybridized carbons (Fsp3) is 0.400. The van der Waals surface area contributed by atoms with Gasteiger partial charge < -0.3 is 4.74 Å². The normalized spacial score (nSPS) is 16.1. The fourth-order valence-corrected chi connectivity index (χ4v) is 1.19. The number of ether oxygens (including phenoxy) is 1. The van der Waals surface area contributed by atoms with Gasteiger partial charge in [-0.25, -0.2) is 0 Å². The molecule has 0 N–H and O–H groups in total. The number of benzene rings is 1. The van der Waals surface area contributed by atoms with Gasteiger partial charge in [0.15, 0.2) is 0 Å². The third-order valence-electron chi connectivity index (χ3n) is 1.95. The van der Waals surface area contributed by atoms with E-state index in [4.69, 9.17) is 16.3 Å². The van der Waals surface area contributed by atoms with Gasteiger partial charge in [0.2, 0.25) is 0 Å². The van der Waals surface area contributed by atoms with E-state index in [1.165, 1.54) is 12.8 Å². The highest BCUT2D eigenvalue weighted by Crippen LogP contribution is 2.31. The Morgan fingerprint density at radius 1 is 1.58 bits per heavy atom. The Labute approximate surface area is 77.3 Å². The van der Waals surface area contributed by atoms with Crippen molar-refractivity contribution in [1.82, 2.24) is 0 Å². The van der Waals surface area contributed by atoms with E-state index in [9.17, 15) is 0 Å². The van der Waals surface area contributed by atoms with Crippen molar-refractivity contribution in [2.24, 2.45) is 5.92 Å². The summed E-state index contributed by atoms with van der Waals surface area (Å²) >= 11 is 5.87. The molecule has 0 saturated heterocycles. The minimum atomic E-state index is 0.651. The number of hydrogen-bond acceptors (Lipinski definition) is 1. The Bertz CT molecular complexity index is 268.